The molecule has 0 unspecified atom stereocenters. The average molecular weight is 142 g/mol. The first kappa shape index (κ1) is 7.34. The predicted molar refractivity (Wildman–Crippen MR) is 37.4 cm³/mol. The molecule has 1 fully saturated rings. The van der Waals surface area contributed by atoms with E-state index in [1.807, 2.05) is 0 Å². The third-order valence-electron chi connectivity index (χ3n) is 1.63. The third kappa shape index (κ3) is 2.23. The number of carbonyl (C=O) groups is 1. The van der Waals surface area contributed by atoms with Crippen molar-refractivity contribution in [1.29, 1.82) is 0 Å². The molecule has 2 N–H and O–H groups in total. The monoisotopic (exact) mass is 142 g/mol. The third-order valence-corrected chi connectivity index (χ3v) is 1.63. The standard InChI is InChI=1S/C6H12N3O/c7-6(10)8-5-9-3-1-2-4-9/h1-5H2,(H2,7,10). The summed E-state index contributed by atoms with van der Waals surface area (Å²) in [5.41, 5.74) is 4.84. The summed E-state index contributed by atoms with van der Waals surface area (Å²) in [5, 5.41) is 3.57. The second-order valence-electron chi connectivity index (χ2n) is 2.46. The van der Waals surface area contributed by atoms with E-state index in [1.165, 1.54) is 12.8 Å². The molecule has 1 aliphatic heterocycles. The van der Waals surface area contributed by atoms with Crippen molar-refractivity contribution in [2.75, 3.05) is 19.8 Å². The summed E-state index contributed by atoms with van der Waals surface area (Å²) >= 11 is 0. The second kappa shape index (κ2) is 3.41. The van der Waals surface area contributed by atoms with E-state index < -0.39 is 6.03 Å². The molecule has 10 heavy (non-hydrogen) atoms. The van der Waals surface area contributed by atoms with E-state index in [2.05, 4.69) is 10.2 Å². The fourth-order valence-corrected chi connectivity index (χ4v) is 1.09. The largest absolute Gasteiger partial charge is 0.350 e. The van der Waals surface area contributed by atoms with E-state index in [-0.39, 0.29) is 0 Å². The molecule has 1 aliphatic rings. The molecule has 0 aliphatic carbocycles. The quantitative estimate of drug-likeness (QED) is 0.576. The van der Waals surface area contributed by atoms with Crippen LogP contribution in [0.4, 0.5) is 4.79 Å². The van der Waals surface area contributed by atoms with Crippen LogP contribution < -0.4 is 11.1 Å². The Bertz CT molecular complexity index is 120. The molecule has 1 heterocycles. The lowest BCUT2D eigenvalue weighted by Gasteiger charge is -2.11. The lowest BCUT2D eigenvalue weighted by molar-refractivity contribution is 0.236. The van der Waals surface area contributed by atoms with Gasteiger partial charge in [-0.15, -0.1) is 0 Å². The van der Waals surface area contributed by atoms with Crippen molar-refractivity contribution < 1.29 is 4.79 Å². The van der Waals surface area contributed by atoms with Crippen molar-refractivity contribution in [2.24, 2.45) is 5.73 Å². The van der Waals surface area contributed by atoms with Gasteiger partial charge < -0.3 is 5.73 Å². The van der Waals surface area contributed by atoms with Gasteiger partial charge in [0.1, 0.15) is 0 Å². The highest BCUT2D eigenvalue weighted by atomic mass is 16.2. The van der Waals surface area contributed by atoms with Gasteiger partial charge in [-0.1, -0.05) is 0 Å². The molecule has 2 amide bonds. The van der Waals surface area contributed by atoms with Gasteiger partial charge in [0.15, 0.2) is 0 Å². The molecule has 0 spiro atoms. The molecular formula is C6H12N3O. The first-order chi connectivity index (χ1) is 4.79. The Kier molecular flexibility index (Phi) is 2.50. The summed E-state index contributed by atoms with van der Waals surface area (Å²) in [4.78, 5) is 12.3. The number of hydrogen-bond donors (Lipinski definition) is 1. The maximum Gasteiger partial charge on any atom is 0.335 e. The summed E-state index contributed by atoms with van der Waals surface area (Å²) in [7, 11) is 0. The first-order valence-electron chi connectivity index (χ1n) is 3.48. The predicted octanol–water partition coefficient (Wildman–Crippen LogP) is -0.277. The number of hydrogen-bond acceptors (Lipinski definition) is 2. The van der Waals surface area contributed by atoms with Crippen molar-refractivity contribution in [3.63, 3.8) is 0 Å². The molecule has 1 rings (SSSR count). The number of carbonyl (C=O) groups excluding carboxylic acids is 1. The van der Waals surface area contributed by atoms with Crippen LogP contribution in [0.15, 0.2) is 0 Å². The fourth-order valence-electron chi connectivity index (χ4n) is 1.09. The van der Waals surface area contributed by atoms with E-state index in [9.17, 15) is 4.79 Å². The van der Waals surface area contributed by atoms with E-state index in [4.69, 9.17) is 5.73 Å². The van der Waals surface area contributed by atoms with Crippen molar-refractivity contribution in [3.05, 3.63) is 0 Å². The van der Waals surface area contributed by atoms with Crippen LogP contribution in [0.3, 0.4) is 0 Å². The summed E-state index contributed by atoms with van der Waals surface area (Å²) in [6.07, 6.45) is 2.43. The molecule has 57 valence electrons. The highest BCUT2D eigenvalue weighted by Gasteiger charge is 2.11. The van der Waals surface area contributed by atoms with Crippen LogP contribution in [0.5, 0.6) is 0 Å². The molecule has 4 nitrogen and oxygen atoms in total. The highest BCUT2D eigenvalue weighted by Crippen LogP contribution is 2.04. The van der Waals surface area contributed by atoms with E-state index >= 15 is 0 Å². The Morgan fingerprint density at radius 1 is 1.50 bits per heavy atom. The fraction of sp³-hybridized carbons (Fsp3) is 0.833. The zero-order chi connectivity index (χ0) is 7.40. The van der Waals surface area contributed by atoms with Crippen molar-refractivity contribution in [2.45, 2.75) is 12.8 Å². The van der Waals surface area contributed by atoms with Gasteiger partial charge in [-0.05, 0) is 25.9 Å². The van der Waals surface area contributed by atoms with Crippen molar-refractivity contribution in [1.82, 2.24) is 10.2 Å². The van der Waals surface area contributed by atoms with Gasteiger partial charge in [-0.2, -0.15) is 0 Å². The molecule has 4 heteroatoms. The number of nitrogens with two attached hydrogens (primary N) is 1. The molecule has 1 saturated heterocycles. The summed E-state index contributed by atoms with van der Waals surface area (Å²) in [6.45, 7) is 2.59. The molecule has 0 atom stereocenters. The Labute approximate surface area is 60.4 Å². The molecule has 0 aromatic carbocycles. The van der Waals surface area contributed by atoms with Crippen molar-refractivity contribution in [3.8, 4) is 0 Å². The minimum Gasteiger partial charge on any atom is -0.350 e. The molecule has 0 bridgehead atoms. The van der Waals surface area contributed by atoms with Crippen LogP contribution in [0.2, 0.25) is 0 Å². The van der Waals surface area contributed by atoms with Crippen LogP contribution in [-0.4, -0.2) is 30.7 Å². The van der Waals surface area contributed by atoms with Gasteiger partial charge in [0.05, 0.1) is 6.67 Å². The average Bonchev–Trinajstić information content (AvgIpc) is 2.34. The SMILES string of the molecule is NC(=O)[N]CN1CCCC1. The minimum absolute atomic E-state index is 0.481. The van der Waals surface area contributed by atoms with Gasteiger partial charge in [-0.25, -0.2) is 10.1 Å². The highest BCUT2D eigenvalue weighted by molar-refractivity contribution is 5.71. The van der Waals surface area contributed by atoms with Gasteiger partial charge in [-0.3, -0.25) is 4.90 Å². The zero-order valence-corrected chi connectivity index (χ0v) is 5.92. The Balaban J connectivity index is 2.07. The van der Waals surface area contributed by atoms with Gasteiger partial charge in [0.2, 0.25) is 0 Å². The summed E-state index contributed by atoms with van der Waals surface area (Å²) in [5.74, 6) is 0. The zero-order valence-electron chi connectivity index (χ0n) is 5.92. The van der Waals surface area contributed by atoms with Crippen LogP contribution >= 0.6 is 0 Å². The topological polar surface area (TPSA) is 60.4 Å². The number of primary amides is 1. The van der Waals surface area contributed by atoms with Gasteiger partial charge >= 0.3 is 6.03 Å². The van der Waals surface area contributed by atoms with Gasteiger partial charge in [0.25, 0.3) is 0 Å². The van der Waals surface area contributed by atoms with E-state index in [0.29, 0.717) is 6.67 Å². The lowest BCUT2D eigenvalue weighted by atomic mass is 10.4. The molecule has 0 aromatic rings. The van der Waals surface area contributed by atoms with Crippen LogP contribution in [0.1, 0.15) is 12.8 Å². The minimum atomic E-state index is -0.563. The lowest BCUT2D eigenvalue weighted by Crippen LogP contribution is -2.33. The summed E-state index contributed by atoms with van der Waals surface area (Å²) in [6, 6.07) is -0.563. The maximum atomic E-state index is 10.2. The first-order valence-corrected chi connectivity index (χ1v) is 3.48. The van der Waals surface area contributed by atoms with Crippen LogP contribution in [-0.2, 0) is 0 Å². The number of nitrogens with zero attached hydrogens (tertiary/aromatic N) is 2. The van der Waals surface area contributed by atoms with Crippen LogP contribution in [0.25, 0.3) is 0 Å². The number of urea groups is 1. The molecular weight excluding hydrogens is 130 g/mol. The Hall–Kier alpha value is -0.770. The van der Waals surface area contributed by atoms with Crippen LogP contribution in [0, 0.1) is 0 Å². The van der Waals surface area contributed by atoms with Gasteiger partial charge in [0, 0.05) is 0 Å². The smallest absolute Gasteiger partial charge is 0.335 e. The molecule has 1 radical (unpaired) electrons. The number of rotatable bonds is 2. The summed E-state index contributed by atoms with van der Waals surface area (Å²) < 4.78 is 0. The molecule has 0 saturated carbocycles. The second-order valence-corrected chi connectivity index (χ2v) is 2.46. The number of amides is 2. The Morgan fingerprint density at radius 2 is 2.10 bits per heavy atom. The number of likely N-dealkylation sites (tertiary alicyclic amines) is 1. The van der Waals surface area contributed by atoms with E-state index in [1.54, 1.807) is 0 Å². The van der Waals surface area contributed by atoms with Crippen molar-refractivity contribution >= 4 is 6.03 Å². The Morgan fingerprint density at radius 3 is 2.60 bits per heavy atom. The normalized spacial score (nSPS) is 19.2. The molecule has 0 aromatic heterocycles. The maximum absolute atomic E-state index is 10.2. The van der Waals surface area contributed by atoms with E-state index in [0.717, 1.165) is 13.1 Å².